The molecular formula is C22H17Cl2F3N4O2. The third-order valence-electron chi connectivity index (χ3n) is 4.64. The summed E-state index contributed by atoms with van der Waals surface area (Å²) in [7, 11) is 0. The lowest BCUT2D eigenvalue weighted by atomic mass is 10.2. The van der Waals surface area contributed by atoms with Gasteiger partial charge in [0.1, 0.15) is 0 Å². The van der Waals surface area contributed by atoms with Gasteiger partial charge in [-0.2, -0.15) is 18.3 Å². The Balaban J connectivity index is 1.69. The number of hydrogen-bond donors (Lipinski definition) is 2. The normalized spacial score (nSPS) is 11.6. The minimum Gasteiger partial charge on any atom is -0.318 e. The van der Waals surface area contributed by atoms with Gasteiger partial charge in [-0.05, 0) is 56.3 Å². The fourth-order valence-electron chi connectivity index (χ4n) is 3.12. The highest BCUT2D eigenvalue weighted by Crippen LogP contribution is 2.31. The number of aromatic nitrogens is 1. The molecule has 0 aliphatic rings. The van der Waals surface area contributed by atoms with Gasteiger partial charge in [-0.25, -0.2) is 5.43 Å². The van der Waals surface area contributed by atoms with Gasteiger partial charge in [0.05, 0.1) is 22.5 Å². The zero-order chi connectivity index (χ0) is 24.3. The first-order valence-electron chi connectivity index (χ1n) is 9.43. The fourth-order valence-corrected chi connectivity index (χ4v) is 3.62. The molecule has 0 bridgehead atoms. The molecule has 3 aromatic rings. The molecule has 2 amide bonds. The maximum Gasteiger partial charge on any atom is 0.416 e. The number of amides is 2. The van der Waals surface area contributed by atoms with Crippen LogP contribution in [-0.4, -0.2) is 22.6 Å². The molecule has 0 fully saturated rings. The van der Waals surface area contributed by atoms with Crippen molar-refractivity contribution in [1.29, 1.82) is 0 Å². The first-order chi connectivity index (χ1) is 15.5. The Bertz CT molecular complexity index is 1250. The average molecular weight is 497 g/mol. The molecule has 0 radical (unpaired) electrons. The minimum atomic E-state index is -4.57. The van der Waals surface area contributed by atoms with E-state index in [-0.39, 0.29) is 5.69 Å². The van der Waals surface area contributed by atoms with E-state index in [2.05, 4.69) is 15.8 Å². The van der Waals surface area contributed by atoms with Crippen LogP contribution in [0.2, 0.25) is 10.0 Å². The second-order valence-electron chi connectivity index (χ2n) is 6.99. The number of hydrazone groups is 1. The van der Waals surface area contributed by atoms with Gasteiger partial charge in [0.15, 0.2) is 0 Å². The Morgan fingerprint density at radius 3 is 2.42 bits per heavy atom. The predicted molar refractivity (Wildman–Crippen MR) is 121 cm³/mol. The third-order valence-corrected chi connectivity index (χ3v) is 5.18. The Kier molecular flexibility index (Phi) is 7.14. The molecule has 1 heterocycles. The number of alkyl halides is 3. The molecule has 33 heavy (non-hydrogen) atoms. The van der Waals surface area contributed by atoms with Crippen LogP contribution in [0.15, 0.2) is 53.6 Å². The standard InChI is InChI=1S/C22H17Cl2F3N4O2/c1-12-8-14(13(2)31(12)19-7-6-16(23)10-18(19)24)11-28-30-21(33)20(32)29-17-5-3-4-15(9-17)22(25,26)27/h3-11H,1-2H3,(H,29,32)(H,30,33)/b28-11+. The zero-order valence-electron chi connectivity index (χ0n) is 17.3. The van der Waals surface area contributed by atoms with E-state index in [0.717, 1.165) is 29.6 Å². The van der Waals surface area contributed by atoms with Crippen molar-refractivity contribution in [2.24, 2.45) is 5.10 Å². The summed E-state index contributed by atoms with van der Waals surface area (Å²) in [6.07, 6.45) is -3.23. The van der Waals surface area contributed by atoms with E-state index in [1.54, 1.807) is 24.3 Å². The van der Waals surface area contributed by atoms with E-state index in [9.17, 15) is 22.8 Å². The van der Waals surface area contributed by atoms with Crippen molar-refractivity contribution in [3.05, 3.63) is 81.1 Å². The summed E-state index contributed by atoms with van der Waals surface area (Å²) >= 11 is 12.3. The van der Waals surface area contributed by atoms with Crippen molar-refractivity contribution >= 4 is 46.9 Å². The van der Waals surface area contributed by atoms with Crippen molar-refractivity contribution in [1.82, 2.24) is 9.99 Å². The first-order valence-corrected chi connectivity index (χ1v) is 10.2. The quantitative estimate of drug-likeness (QED) is 0.284. The van der Waals surface area contributed by atoms with Gasteiger partial charge in [0, 0.05) is 27.7 Å². The number of hydrogen-bond acceptors (Lipinski definition) is 3. The lowest BCUT2D eigenvalue weighted by Gasteiger charge is -2.11. The second kappa shape index (κ2) is 9.68. The van der Waals surface area contributed by atoms with Crippen LogP contribution in [0.5, 0.6) is 0 Å². The van der Waals surface area contributed by atoms with Gasteiger partial charge in [-0.3, -0.25) is 9.59 Å². The molecule has 0 aliphatic carbocycles. The van der Waals surface area contributed by atoms with Gasteiger partial charge in [-0.1, -0.05) is 29.3 Å². The van der Waals surface area contributed by atoms with Gasteiger partial charge in [0.2, 0.25) is 0 Å². The van der Waals surface area contributed by atoms with E-state index < -0.39 is 23.6 Å². The van der Waals surface area contributed by atoms with Crippen molar-refractivity contribution < 1.29 is 22.8 Å². The summed E-state index contributed by atoms with van der Waals surface area (Å²) < 4.78 is 40.2. The Morgan fingerprint density at radius 1 is 1.03 bits per heavy atom. The summed E-state index contributed by atoms with van der Waals surface area (Å²) in [4.78, 5) is 24.0. The van der Waals surface area contributed by atoms with Crippen LogP contribution in [0.3, 0.4) is 0 Å². The first kappa shape index (κ1) is 24.3. The van der Waals surface area contributed by atoms with Crippen LogP contribution >= 0.6 is 23.2 Å². The lowest BCUT2D eigenvalue weighted by molar-refractivity contribution is -0.137. The summed E-state index contributed by atoms with van der Waals surface area (Å²) in [6.45, 7) is 3.68. The number of benzene rings is 2. The maximum atomic E-state index is 12.8. The number of carbonyl (C=O) groups is 2. The van der Waals surface area contributed by atoms with E-state index in [1.807, 2.05) is 18.4 Å². The Hall–Kier alpha value is -3.30. The van der Waals surface area contributed by atoms with E-state index in [1.165, 1.54) is 12.3 Å². The summed E-state index contributed by atoms with van der Waals surface area (Å²) in [5, 5.41) is 6.83. The molecular weight excluding hydrogens is 480 g/mol. The molecule has 0 saturated carbocycles. The molecule has 0 spiro atoms. The Morgan fingerprint density at radius 2 is 1.76 bits per heavy atom. The van der Waals surface area contributed by atoms with Crippen molar-refractivity contribution in [2.45, 2.75) is 20.0 Å². The molecule has 1 aromatic heterocycles. The molecule has 0 atom stereocenters. The minimum absolute atomic E-state index is 0.169. The molecule has 0 saturated heterocycles. The van der Waals surface area contributed by atoms with Gasteiger partial charge in [0.25, 0.3) is 0 Å². The van der Waals surface area contributed by atoms with Crippen molar-refractivity contribution in [2.75, 3.05) is 5.32 Å². The van der Waals surface area contributed by atoms with Crippen LogP contribution < -0.4 is 10.7 Å². The molecule has 11 heteroatoms. The number of nitrogens with zero attached hydrogens (tertiary/aromatic N) is 2. The Labute approximate surface area is 197 Å². The molecule has 0 unspecified atom stereocenters. The lowest BCUT2D eigenvalue weighted by Crippen LogP contribution is -2.32. The fraction of sp³-hybridized carbons (Fsp3) is 0.136. The van der Waals surface area contributed by atoms with Crippen LogP contribution in [0, 0.1) is 13.8 Å². The van der Waals surface area contributed by atoms with E-state index >= 15 is 0 Å². The van der Waals surface area contributed by atoms with Crippen molar-refractivity contribution in [3.8, 4) is 5.69 Å². The average Bonchev–Trinajstić information content (AvgIpc) is 3.01. The molecule has 2 N–H and O–H groups in total. The van der Waals surface area contributed by atoms with Crippen LogP contribution in [0.4, 0.5) is 18.9 Å². The van der Waals surface area contributed by atoms with E-state index in [4.69, 9.17) is 23.2 Å². The second-order valence-corrected chi connectivity index (χ2v) is 7.83. The highest BCUT2D eigenvalue weighted by atomic mass is 35.5. The van der Waals surface area contributed by atoms with Crippen LogP contribution in [-0.2, 0) is 15.8 Å². The van der Waals surface area contributed by atoms with Crippen LogP contribution in [0.25, 0.3) is 5.69 Å². The van der Waals surface area contributed by atoms with Crippen LogP contribution in [0.1, 0.15) is 22.5 Å². The van der Waals surface area contributed by atoms with Gasteiger partial charge in [-0.15, -0.1) is 0 Å². The number of anilines is 1. The summed E-state index contributed by atoms with van der Waals surface area (Å²) in [6, 6.07) is 10.8. The highest BCUT2D eigenvalue weighted by Gasteiger charge is 2.30. The molecule has 2 aromatic carbocycles. The largest absolute Gasteiger partial charge is 0.416 e. The smallest absolute Gasteiger partial charge is 0.318 e. The molecule has 0 aliphatic heterocycles. The maximum absolute atomic E-state index is 12.8. The monoisotopic (exact) mass is 496 g/mol. The topological polar surface area (TPSA) is 75.5 Å². The number of halogens is 5. The summed E-state index contributed by atoms with van der Waals surface area (Å²) in [5.74, 6) is -2.30. The molecule has 172 valence electrons. The predicted octanol–water partition coefficient (Wildman–Crippen LogP) is 5.51. The highest BCUT2D eigenvalue weighted by molar-refractivity contribution is 6.39. The SMILES string of the molecule is Cc1cc(/C=N/NC(=O)C(=O)Nc2cccc(C(F)(F)F)c2)c(C)n1-c1ccc(Cl)cc1Cl. The zero-order valence-corrected chi connectivity index (χ0v) is 18.8. The number of rotatable bonds is 4. The van der Waals surface area contributed by atoms with Crippen molar-refractivity contribution in [3.63, 3.8) is 0 Å². The number of aryl methyl sites for hydroxylation is 1. The van der Waals surface area contributed by atoms with Gasteiger partial charge >= 0.3 is 18.0 Å². The number of carbonyl (C=O) groups excluding carboxylic acids is 2. The molecule has 6 nitrogen and oxygen atoms in total. The third kappa shape index (κ3) is 5.74. The van der Waals surface area contributed by atoms with Gasteiger partial charge < -0.3 is 9.88 Å². The number of nitrogens with one attached hydrogen (secondary N) is 2. The molecule has 3 rings (SSSR count). The summed E-state index contributed by atoms with van der Waals surface area (Å²) in [5.41, 5.74) is 3.90. The van der Waals surface area contributed by atoms with E-state index in [0.29, 0.717) is 21.3 Å².